The average Bonchev–Trinajstić information content (AvgIpc) is 2.33. The Morgan fingerprint density at radius 2 is 2.28 bits per heavy atom. The highest BCUT2D eigenvalue weighted by Crippen LogP contribution is 2.41. The number of carboxylic acids is 1. The molecule has 0 fully saturated rings. The number of benzene rings is 1. The molecule has 0 unspecified atom stereocenters. The number of carboxylic acid groups (broad SMARTS) is 1. The van der Waals surface area contributed by atoms with E-state index in [-0.39, 0.29) is 10.6 Å². The van der Waals surface area contributed by atoms with Crippen molar-refractivity contribution in [1.82, 2.24) is 0 Å². The third-order valence-electron chi connectivity index (χ3n) is 2.48. The molecular weight excluding hydrogens is 297 g/mol. The molecule has 7 heteroatoms. The summed E-state index contributed by atoms with van der Waals surface area (Å²) in [4.78, 5) is 16.6. The summed E-state index contributed by atoms with van der Waals surface area (Å²) in [5, 5.41) is 13.5. The number of thioether (sulfide) groups is 1. The van der Waals surface area contributed by atoms with Crippen LogP contribution in [-0.2, 0) is 4.84 Å². The van der Waals surface area contributed by atoms with Crippen molar-refractivity contribution in [3.63, 3.8) is 0 Å². The van der Waals surface area contributed by atoms with Crippen LogP contribution in [0.5, 0.6) is 0 Å². The molecule has 0 saturated heterocycles. The third-order valence-corrected chi connectivity index (χ3v) is 4.40. The Bertz CT molecular complexity index is 546. The minimum atomic E-state index is -1.11. The van der Waals surface area contributed by atoms with Crippen LogP contribution in [0.1, 0.15) is 22.3 Å². The van der Waals surface area contributed by atoms with E-state index in [1.54, 1.807) is 0 Å². The summed E-state index contributed by atoms with van der Waals surface area (Å²) in [5.41, 5.74) is 1.17. The van der Waals surface area contributed by atoms with Crippen LogP contribution in [0.25, 0.3) is 0 Å². The van der Waals surface area contributed by atoms with E-state index in [9.17, 15) is 4.79 Å². The van der Waals surface area contributed by atoms with Gasteiger partial charge in [0, 0.05) is 22.6 Å². The first kappa shape index (κ1) is 13.5. The van der Waals surface area contributed by atoms with Crippen LogP contribution >= 0.6 is 35.0 Å². The summed E-state index contributed by atoms with van der Waals surface area (Å²) in [7, 11) is 1.44. The maximum atomic E-state index is 11.1. The van der Waals surface area contributed by atoms with E-state index in [0.717, 1.165) is 10.6 Å². The number of nitrogens with zero attached hydrogens (tertiary/aromatic N) is 1. The summed E-state index contributed by atoms with van der Waals surface area (Å²) in [5.74, 6) is -0.311. The largest absolute Gasteiger partial charge is 0.478 e. The number of rotatable bonds is 2. The van der Waals surface area contributed by atoms with Crippen LogP contribution in [0.15, 0.2) is 16.1 Å². The summed E-state index contributed by atoms with van der Waals surface area (Å²) in [6, 6.07) is 1.37. The molecule has 0 radical (unpaired) electrons. The van der Waals surface area contributed by atoms with Gasteiger partial charge in [0.25, 0.3) is 0 Å². The van der Waals surface area contributed by atoms with Gasteiger partial charge in [-0.25, -0.2) is 4.79 Å². The molecule has 18 heavy (non-hydrogen) atoms. The maximum absolute atomic E-state index is 11.1. The fourth-order valence-electron chi connectivity index (χ4n) is 1.74. The van der Waals surface area contributed by atoms with Gasteiger partial charge in [-0.15, -0.1) is 11.8 Å². The molecule has 1 heterocycles. The van der Waals surface area contributed by atoms with Crippen LogP contribution in [-0.4, -0.2) is 29.7 Å². The minimum absolute atomic E-state index is 0.0216. The maximum Gasteiger partial charge on any atom is 0.337 e. The molecular formula is C11H9Cl2NO3S. The van der Waals surface area contributed by atoms with Crippen LogP contribution < -0.4 is 0 Å². The Balaban J connectivity index is 2.71. The Hall–Kier alpha value is -0.910. The van der Waals surface area contributed by atoms with Crippen molar-refractivity contribution in [2.75, 3.05) is 12.9 Å². The van der Waals surface area contributed by atoms with Crippen molar-refractivity contribution < 1.29 is 14.7 Å². The van der Waals surface area contributed by atoms with E-state index in [1.165, 1.54) is 24.9 Å². The SMILES string of the molecule is CON=C1CCSc2c(Cl)cc(C(=O)O)c(Cl)c21. The van der Waals surface area contributed by atoms with Gasteiger partial charge in [0.05, 0.1) is 21.3 Å². The van der Waals surface area contributed by atoms with Crippen LogP contribution in [0.2, 0.25) is 10.0 Å². The van der Waals surface area contributed by atoms with Crippen molar-refractivity contribution in [3.8, 4) is 0 Å². The fraction of sp³-hybridized carbons (Fsp3) is 0.273. The van der Waals surface area contributed by atoms with E-state index >= 15 is 0 Å². The summed E-state index contributed by atoms with van der Waals surface area (Å²) in [6.45, 7) is 0. The van der Waals surface area contributed by atoms with Gasteiger partial charge in [-0.2, -0.15) is 0 Å². The summed E-state index contributed by atoms with van der Waals surface area (Å²) >= 11 is 13.8. The summed E-state index contributed by atoms with van der Waals surface area (Å²) < 4.78 is 0. The van der Waals surface area contributed by atoms with Crippen molar-refractivity contribution in [3.05, 3.63) is 27.2 Å². The molecule has 0 spiro atoms. The van der Waals surface area contributed by atoms with Crippen molar-refractivity contribution in [2.45, 2.75) is 11.3 Å². The molecule has 0 bridgehead atoms. The highest BCUT2D eigenvalue weighted by atomic mass is 35.5. The molecule has 1 N–H and O–H groups in total. The lowest BCUT2D eigenvalue weighted by Crippen LogP contribution is -2.14. The van der Waals surface area contributed by atoms with Gasteiger partial charge in [0.2, 0.25) is 0 Å². The second kappa shape index (κ2) is 5.38. The number of halogens is 2. The molecule has 1 aliphatic heterocycles. The monoisotopic (exact) mass is 305 g/mol. The minimum Gasteiger partial charge on any atom is -0.478 e. The lowest BCUT2D eigenvalue weighted by molar-refractivity contribution is 0.0697. The van der Waals surface area contributed by atoms with Gasteiger partial charge < -0.3 is 9.94 Å². The van der Waals surface area contributed by atoms with E-state index < -0.39 is 5.97 Å². The number of carbonyl (C=O) groups is 1. The number of aromatic carboxylic acids is 1. The molecule has 2 rings (SSSR count). The zero-order chi connectivity index (χ0) is 13.3. The summed E-state index contributed by atoms with van der Waals surface area (Å²) in [6.07, 6.45) is 0.657. The highest BCUT2D eigenvalue weighted by molar-refractivity contribution is 7.99. The first-order valence-corrected chi connectivity index (χ1v) is 6.79. The predicted molar refractivity (Wildman–Crippen MR) is 72.3 cm³/mol. The Kier molecular flexibility index (Phi) is 4.04. The molecule has 4 nitrogen and oxygen atoms in total. The van der Waals surface area contributed by atoms with Gasteiger partial charge in [-0.05, 0) is 6.07 Å². The van der Waals surface area contributed by atoms with Crippen LogP contribution in [0.4, 0.5) is 0 Å². The van der Waals surface area contributed by atoms with Crippen molar-refractivity contribution in [1.29, 1.82) is 0 Å². The molecule has 1 aliphatic rings. The quantitative estimate of drug-likeness (QED) is 0.849. The topological polar surface area (TPSA) is 58.9 Å². The van der Waals surface area contributed by atoms with Gasteiger partial charge in [0.1, 0.15) is 7.11 Å². The molecule has 1 aromatic rings. The van der Waals surface area contributed by atoms with Gasteiger partial charge in [-0.3, -0.25) is 0 Å². The number of fused-ring (bicyclic) bond motifs is 1. The second-order valence-corrected chi connectivity index (χ2v) is 5.44. The van der Waals surface area contributed by atoms with Crippen molar-refractivity contribution >= 4 is 46.6 Å². The zero-order valence-corrected chi connectivity index (χ0v) is 11.7. The first-order chi connectivity index (χ1) is 8.56. The molecule has 96 valence electrons. The standard InChI is InChI=1S/C11H9Cl2NO3S/c1-17-14-7-2-3-18-10-6(12)4-5(11(15)16)9(13)8(7)10/h4H,2-3H2,1H3,(H,15,16). The zero-order valence-electron chi connectivity index (χ0n) is 9.37. The predicted octanol–water partition coefficient (Wildman–Crippen LogP) is 3.54. The Labute approximate surface area is 118 Å². The van der Waals surface area contributed by atoms with Crippen LogP contribution in [0, 0.1) is 0 Å². The molecule has 0 saturated carbocycles. The molecule has 0 atom stereocenters. The smallest absolute Gasteiger partial charge is 0.337 e. The van der Waals surface area contributed by atoms with Crippen molar-refractivity contribution in [2.24, 2.45) is 5.16 Å². The van der Waals surface area contributed by atoms with Gasteiger partial charge >= 0.3 is 5.97 Å². The fourth-order valence-corrected chi connectivity index (χ4v) is 3.56. The average molecular weight is 306 g/mol. The Morgan fingerprint density at radius 3 is 2.89 bits per heavy atom. The normalized spacial score (nSPS) is 16.5. The molecule has 0 amide bonds. The Morgan fingerprint density at radius 1 is 1.56 bits per heavy atom. The second-order valence-electron chi connectivity index (χ2n) is 3.55. The molecule has 0 aromatic heterocycles. The van der Waals surface area contributed by atoms with Gasteiger partial charge in [-0.1, -0.05) is 28.4 Å². The van der Waals surface area contributed by atoms with E-state index in [1.807, 2.05) is 0 Å². The van der Waals surface area contributed by atoms with E-state index in [2.05, 4.69) is 5.16 Å². The first-order valence-electron chi connectivity index (χ1n) is 5.04. The molecule has 0 aliphatic carbocycles. The van der Waals surface area contributed by atoms with E-state index in [4.69, 9.17) is 33.1 Å². The lowest BCUT2D eigenvalue weighted by Gasteiger charge is -2.20. The number of oxime groups is 1. The van der Waals surface area contributed by atoms with Crippen LogP contribution in [0.3, 0.4) is 0 Å². The van der Waals surface area contributed by atoms with E-state index in [0.29, 0.717) is 22.7 Å². The number of hydrogen-bond acceptors (Lipinski definition) is 4. The third kappa shape index (κ3) is 2.30. The highest BCUT2D eigenvalue weighted by Gasteiger charge is 2.26. The number of hydrogen-bond donors (Lipinski definition) is 1. The van der Waals surface area contributed by atoms with Gasteiger partial charge in [0.15, 0.2) is 0 Å². The molecule has 1 aromatic carbocycles. The lowest BCUT2D eigenvalue weighted by atomic mass is 10.0.